The third kappa shape index (κ3) is 6.48. The molecule has 0 amide bonds. The van der Waals surface area contributed by atoms with Crippen molar-refractivity contribution >= 4 is 51.5 Å². The number of anilines is 5. The van der Waals surface area contributed by atoms with Crippen LogP contribution in [0.3, 0.4) is 0 Å². The van der Waals surface area contributed by atoms with Crippen molar-refractivity contribution in [1.29, 1.82) is 0 Å². The molecule has 0 bridgehead atoms. The topological polar surface area (TPSA) is 59.1 Å². The van der Waals surface area contributed by atoms with Crippen molar-refractivity contribution in [3.63, 3.8) is 0 Å². The molecule has 49 heavy (non-hydrogen) atoms. The van der Waals surface area contributed by atoms with Crippen LogP contribution in [0, 0.1) is 0 Å². The van der Waals surface area contributed by atoms with Crippen molar-refractivity contribution < 1.29 is 19.1 Å². The number of esters is 2. The highest BCUT2D eigenvalue weighted by Crippen LogP contribution is 2.44. The van der Waals surface area contributed by atoms with Crippen molar-refractivity contribution in [3.8, 4) is 0 Å². The third-order valence-electron chi connectivity index (χ3n) is 8.25. The van der Waals surface area contributed by atoms with Crippen LogP contribution < -0.4 is 9.80 Å². The Labute approximate surface area is 285 Å². The molecule has 6 aromatic carbocycles. The van der Waals surface area contributed by atoms with E-state index in [1.807, 2.05) is 188 Å². The average Bonchev–Trinajstić information content (AvgIpc) is 3.65. The molecule has 0 atom stereocenters. The number of fused-ring (bicyclic) bond motifs is 1. The SMILES string of the molecule is CN(c1ccccc1)c1ccc(C2=C3OC(=O)C(c4ccc(N(c5ccccc5)c5ccccc5)cc4)=C3OC2=O)cc1.c1ccccc1. The predicted molar refractivity (Wildman–Crippen MR) is 195 cm³/mol. The molecule has 2 heterocycles. The van der Waals surface area contributed by atoms with Gasteiger partial charge in [0.2, 0.25) is 0 Å². The Morgan fingerprint density at radius 2 is 0.653 bits per heavy atom. The van der Waals surface area contributed by atoms with Gasteiger partial charge in [0.25, 0.3) is 0 Å². The average molecular weight is 641 g/mol. The Balaban J connectivity index is 0.000000571. The molecule has 6 aromatic rings. The first-order chi connectivity index (χ1) is 24.1. The molecule has 0 fully saturated rings. The Hall–Kier alpha value is -6.66. The van der Waals surface area contributed by atoms with Crippen molar-refractivity contribution in [2.45, 2.75) is 0 Å². The Morgan fingerprint density at radius 1 is 0.367 bits per heavy atom. The lowest BCUT2D eigenvalue weighted by molar-refractivity contribution is -0.131. The normalized spacial score (nSPS) is 13.2. The Morgan fingerprint density at radius 3 is 1.04 bits per heavy atom. The summed E-state index contributed by atoms with van der Waals surface area (Å²) < 4.78 is 11.3. The lowest BCUT2D eigenvalue weighted by Gasteiger charge is -2.25. The number of carbonyl (C=O) groups excluding carboxylic acids is 2. The van der Waals surface area contributed by atoms with E-state index in [0.29, 0.717) is 11.1 Å². The lowest BCUT2D eigenvalue weighted by Crippen LogP contribution is -2.10. The van der Waals surface area contributed by atoms with Crippen LogP contribution in [0.15, 0.2) is 187 Å². The number of nitrogens with zero attached hydrogens (tertiary/aromatic N) is 2. The van der Waals surface area contributed by atoms with E-state index in [2.05, 4.69) is 4.90 Å². The first kappa shape index (κ1) is 31.0. The zero-order valence-electron chi connectivity index (χ0n) is 26.8. The van der Waals surface area contributed by atoms with Gasteiger partial charge in [0.05, 0.1) is 0 Å². The van der Waals surface area contributed by atoms with Gasteiger partial charge in [-0.25, -0.2) is 9.59 Å². The fourth-order valence-electron chi connectivity index (χ4n) is 5.81. The minimum absolute atomic E-state index is 0.159. The second-order valence-electron chi connectivity index (χ2n) is 11.3. The van der Waals surface area contributed by atoms with Crippen LogP contribution >= 0.6 is 0 Å². The van der Waals surface area contributed by atoms with Gasteiger partial charge < -0.3 is 19.3 Å². The molecule has 6 heteroatoms. The summed E-state index contributed by atoms with van der Waals surface area (Å²) in [5.74, 6) is -0.777. The fraction of sp³-hybridized carbons (Fsp3) is 0.0233. The lowest BCUT2D eigenvalue weighted by atomic mass is 10.0. The molecule has 0 aliphatic carbocycles. The van der Waals surface area contributed by atoms with Crippen molar-refractivity contribution in [1.82, 2.24) is 0 Å². The predicted octanol–water partition coefficient (Wildman–Crippen LogP) is 9.85. The number of para-hydroxylation sites is 3. The maximum atomic E-state index is 13.1. The largest absolute Gasteiger partial charge is 0.418 e. The van der Waals surface area contributed by atoms with Gasteiger partial charge in [-0.15, -0.1) is 0 Å². The maximum absolute atomic E-state index is 13.1. The number of benzene rings is 6. The molecule has 0 saturated carbocycles. The quantitative estimate of drug-likeness (QED) is 0.162. The molecule has 6 nitrogen and oxygen atoms in total. The second-order valence-corrected chi connectivity index (χ2v) is 11.3. The zero-order chi connectivity index (χ0) is 33.6. The summed E-state index contributed by atoms with van der Waals surface area (Å²) in [5.41, 5.74) is 6.61. The van der Waals surface area contributed by atoms with Crippen molar-refractivity contribution in [3.05, 3.63) is 199 Å². The van der Waals surface area contributed by atoms with E-state index < -0.39 is 11.9 Å². The summed E-state index contributed by atoms with van der Waals surface area (Å²) in [6, 6.07) is 57.2. The summed E-state index contributed by atoms with van der Waals surface area (Å²) in [6.45, 7) is 0. The van der Waals surface area contributed by atoms with Crippen LogP contribution in [-0.4, -0.2) is 19.0 Å². The van der Waals surface area contributed by atoms with Crippen LogP contribution in [0.4, 0.5) is 28.4 Å². The summed E-state index contributed by atoms with van der Waals surface area (Å²) in [7, 11) is 1.98. The Kier molecular flexibility index (Phi) is 8.84. The van der Waals surface area contributed by atoms with E-state index >= 15 is 0 Å². The number of rotatable bonds is 7. The molecule has 2 aliphatic rings. The van der Waals surface area contributed by atoms with Crippen molar-refractivity contribution in [2.24, 2.45) is 0 Å². The number of ether oxygens (including phenoxy) is 2. The maximum Gasteiger partial charge on any atom is 0.348 e. The zero-order valence-corrected chi connectivity index (χ0v) is 26.8. The molecule has 0 unspecified atom stereocenters. The molecule has 0 spiro atoms. The smallest absolute Gasteiger partial charge is 0.348 e. The molecule has 0 radical (unpaired) electrons. The van der Waals surface area contributed by atoms with Crippen LogP contribution in [0.5, 0.6) is 0 Å². The standard InChI is InChI=1S/C37H26N2O4.C6H6/c1-38(27-11-5-2-6-12-27)28-21-17-25(18-22-28)32-34-35(43-36(32)40)33(37(41)42-34)26-19-23-31(24-20-26)39(29-13-7-3-8-14-29)30-15-9-4-10-16-30;1-2-4-6-5-3-1/h2-24H,1H3;1-6H. The molecule has 8 rings (SSSR count). The first-order valence-electron chi connectivity index (χ1n) is 15.9. The summed E-state index contributed by atoms with van der Waals surface area (Å²) in [6.07, 6.45) is 0. The first-order valence-corrected chi connectivity index (χ1v) is 15.9. The molecular formula is C43H32N2O4. The number of carbonyl (C=O) groups is 2. The molecule has 2 aliphatic heterocycles. The van der Waals surface area contributed by atoms with E-state index in [1.165, 1.54) is 0 Å². The molecule has 0 saturated heterocycles. The van der Waals surface area contributed by atoms with Gasteiger partial charge in [0, 0.05) is 35.5 Å². The third-order valence-corrected chi connectivity index (χ3v) is 8.25. The second kappa shape index (κ2) is 14.0. The highest BCUT2D eigenvalue weighted by molar-refractivity contribution is 6.29. The van der Waals surface area contributed by atoms with Crippen LogP contribution in [-0.2, 0) is 19.1 Å². The van der Waals surface area contributed by atoms with Gasteiger partial charge in [-0.2, -0.15) is 0 Å². The van der Waals surface area contributed by atoms with Gasteiger partial charge in [0.1, 0.15) is 11.1 Å². The molecule has 238 valence electrons. The number of hydrogen-bond acceptors (Lipinski definition) is 6. The van der Waals surface area contributed by atoms with Gasteiger partial charge in [-0.3, -0.25) is 0 Å². The monoisotopic (exact) mass is 640 g/mol. The summed E-state index contributed by atoms with van der Waals surface area (Å²) in [5, 5.41) is 0. The summed E-state index contributed by atoms with van der Waals surface area (Å²) in [4.78, 5) is 30.3. The van der Waals surface area contributed by atoms with Crippen LogP contribution in [0.2, 0.25) is 0 Å². The van der Waals surface area contributed by atoms with Crippen LogP contribution in [0.25, 0.3) is 11.1 Å². The van der Waals surface area contributed by atoms with E-state index in [4.69, 9.17) is 9.47 Å². The molecule has 0 aromatic heterocycles. The van der Waals surface area contributed by atoms with Crippen LogP contribution in [0.1, 0.15) is 11.1 Å². The van der Waals surface area contributed by atoms with Gasteiger partial charge in [-0.1, -0.05) is 115 Å². The number of hydrogen-bond donors (Lipinski definition) is 0. The Bertz CT molecular complexity index is 2060. The minimum atomic E-state index is -0.550. The van der Waals surface area contributed by atoms with Gasteiger partial charge in [0.15, 0.2) is 11.5 Å². The van der Waals surface area contributed by atoms with Crippen molar-refractivity contribution in [2.75, 3.05) is 16.8 Å². The molecular weight excluding hydrogens is 608 g/mol. The fourth-order valence-corrected chi connectivity index (χ4v) is 5.81. The van der Waals surface area contributed by atoms with E-state index in [1.54, 1.807) is 0 Å². The van der Waals surface area contributed by atoms with E-state index in [0.717, 1.165) is 28.4 Å². The van der Waals surface area contributed by atoms with E-state index in [9.17, 15) is 9.59 Å². The van der Waals surface area contributed by atoms with Gasteiger partial charge >= 0.3 is 11.9 Å². The van der Waals surface area contributed by atoms with Gasteiger partial charge in [-0.05, 0) is 71.8 Å². The highest BCUT2D eigenvalue weighted by Gasteiger charge is 2.43. The molecule has 0 N–H and O–H groups in total. The van der Waals surface area contributed by atoms with E-state index in [-0.39, 0.29) is 22.7 Å². The minimum Gasteiger partial charge on any atom is -0.418 e. The highest BCUT2D eigenvalue weighted by atomic mass is 16.6. The summed E-state index contributed by atoms with van der Waals surface area (Å²) >= 11 is 0.